The first-order valence-corrected chi connectivity index (χ1v) is 9.06. The molecule has 0 bridgehead atoms. The summed E-state index contributed by atoms with van der Waals surface area (Å²) < 4.78 is 0. The van der Waals surface area contributed by atoms with Crippen molar-refractivity contribution in [3.05, 3.63) is 77.1 Å². The van der Waals surface area contributed by atoms with Crippen LogP contribution in [0.3, 0.4) is 0 Å². The Balaban J connectivity index is 1.94. The highest BCUT2D eigenvalue weighted by Crippen LogP contribution is 2.23. The summed E-state index contributed by atoms with van der Waals surface area (Å²) in [7, 11) is 0. The summed E-state index contributed by atoms with van der Waals surface area (Å²) in [6.45, 7) is 5.33. The third-order valence-electron chi connectivity index (χ3n) is 4.58. The average molecular weight is 347 g/mol. The van der Waals surface area contributed by atoms with Crippen molar-refractivity contribution in [2.45, 2.75) is 19.8 Å². The summed E-state index contributed by atoms with van der Waals surface area (Å²) in [5.41, 5.74) is 10.3. The summed E-state index contributed by atoms with van der Waals surface area (Å²) in [4.78, 5) is 18.2. The van der Waals surface area contributed by atoms with E-state index in [0.717, 1.165) is 42.2 Å². The molecule has 0 saturated carbocycles. The van der Waals surface area contributed by atoms with E-state index in [0.29, 0.717) is 0 Å². The van der Waals surface area contributed by atoms with E-state index in [1.807, 2.05) is 18.2 Å². The minimum atomic E-state index is -0.472. The summed E-state index contributed by atoms with van der Waals surface area (Å²) in [6.07, 6.45) is 7.81. The van der Waals surface area contributed by atoms with Gasteiger partial charge in [0.05, 0.1) is 11.4 Å². The van der Waals surface area contributed by atoms with Crippen LogP contribution in [0.15, 0.2) is 54.6 Å². The van der Waals surface area contributed by atoms with Gasteiger partial charge in [0, 0.05) is 18.2 Å². The topological polar surface area (TPSA) is 59.2 Å². The number of nitrogens with zero attached hydrogens (tertiary/aromatic N) is 2. The third kappa shape index (κ3) is 4.90. The van der Waals surface area contributed by atoms with Crippen molar-refractivity contribution >= 4 is 17.6 Å². The van der Waals surface area contributed by atoms with Gasteiger partial charge in [0.2, 0.25) is 5.91 Å². The average Bonchev–Trinajstić information content (AvgIpc) is 3.15. The van der Waals surface area contributed by atoms with Gasteiger partial charge in [-0.3, -0.25) is 9.69 Å². The van der Waals surface area contributed by atoms with E-state index >= 15 is 0 Å². The summed E-state index contributed by atoms with van der Waals surface area (Å²) >= 11 is 0. The maximum atomic E-state index is 11.0. The summed E-state index contributed by atoms with van der Waals surface area (Å²) in [6, 6.07) is 14.4. The van der Waals surface area contributed by atoms with Gasteiger partial charge in [0.1, 0.15) is 0 Å². The van der Waals surface area contributed by atoms with E-state index in [1.54, 1.807) is 6.08 Å². The van der Waals surface area contributed by atoms with Crippen LogP contribution >= 0.6 is 0 Å². The number of carbonyl (C=O) groups excluding carboxylic acids is 1. The smallest absolute Gasteiger partial charge is 0.241 e. The van der Waals surface area contributed by atoms with Crippen LogP contribution < -0.4 is 5.73 Å². The first-order valence-electron chi connectivity index (χ1n) is 9.06. The molecule has 0 atom stereocenters. The second-order valence-corrected chi connectivity index (χ2v) is 6.67. The normalized spacial score (nSPS) is 15.7. The zero-order valence-corrected chi connectivity index (χ0v) is 15.2. The van der Waals surface area contributed by atoms with Crippen LogP contribution in [0.4, 0.5) is 0 Å². The molecule has 0 radical (unpaired) electrons. The molecule has 1 saturated heterocycles. The Kier molecular flexibility index (Phi) is 5.97. The van der Waals surface area contributed by atoms with Crippen LogP contribution in [-0.2, 0) is 4.79 Å². The first kappa shape index (κ1) is 18.1. The van der Waals surface area contributed by atoms with Crippen molar-refractivity contribution in [3.63, 3.8) is 0 Å². The second-order valence-electron chi connectivity index (χ2n) is 6.67. The number of aryl methyl sites for hydroxylation is 1. The van der Waals surface area contributed by atoms with E-state index in [-0.39, 0.29) is 0 Å². The number of carbonyl (C=O) groups is 1. The Morgan fingerprint density at radius 1 is 1.15 bits per heavy atom. The van der Waals surface area contributed by atoms with Crippen LogP contribution in [0.25, 0.3) is 11.6 Å². The molecule has 3 rings (SSSR count). The molecule has 26 heavy (non-hydrogen) atoms. The fourth-order valence-electron chi connectivity index (χ4n) is 3.15. The first-order chi connectivity index (χ1) is 12.6. The van der Waals surface area contributed by atoms with Gasteiger partial charge in [-0.15, -0.1) is 0 Å². The van der Waals surface area contributed by atoms with Crippen LogP contribution in [-0.4, -0.2) is 35.4 Å². The highest BCUT2D eigenvalue weighted by molar-refractivity contribution is 5.90. The molecule has 1 aliphatic rings. The predicted octanol–water partition coefficient (Wildman–Crippen LogP) is 3.42. The SMILES string of the molecule is Cc1ccc(/C(=C\CN2CCCC2)c2cccc(/C=C/C(N)=O)n2)cc1. The zero-order chi connectivity index (χ0) is 18.4. The van der Waals surface area contributed by atoms with Gasteiger partial charge in [-0.05, 0) is 56.6 Å². The Morgan fingerprint density at radius 2 is 1.88 bits per heavy atom. The number of pyridine rings is 1. The zero-order valence-electron chi connectivity index (χ0n) is 15.2. The molecule has 1 aliphatic heterocycles. The van der Waals surface area contributed by atoms with Crippen LogP contribution in [0.5, 0.6) is 0 Å². The van der Waals surface area contributed by atoms with Gasteiger partial charge < -0.3 is 5.73 Å². The minimum Gasteiger partial charge on any atom is -0.366 e. The maximum absolute atomic E-state index is 11.0. The van der Waals surface area contributed by atoms with Gasteiger partial charge in [-0.25, -0.2) is 4.98 Å². The Morgan fingerprint density at radius 3 is 2.58 bits per heavy atom. The molecular formula is C22H25N3O. The van der Waals surface area contributed by atoms with Gasteiger partial charge in [-0.2, -0.15) is 0 Å². The Labute approximate surface area is 155 Å². The molecule has 134 valence electrons. The molecule has 0 unspecified atom stereocenters. The van der Waals surface area contributed by atoms with Crippen LogP contribution in [0.2, 0.25) is 0 Å². The number of nitrogens with two attached hydrogens (primary N) is 1. The molecule has 1 fully saturated rings. The van der Waals surface area contributed by atoms with Crippen LogP contribution in [0.1, 0.15) is 35.4 Å². The number of likely N-dealkylation sites (tertiary alicyclic amines) is 1. The van der Waals surface area contributed by atoms with Crippen molar-refractivity contribution in [1.29, 1.82) is 0 Å². The van der Waals surface area contributed by atoms with Gasteiger partial charge in [0.25, 0.3) is 0 Å². The van der Waals surface area contributed by atoms with Crippen LogP contribution in [0, 0.1) is 6.92 Å². The highest BCUT2D eigenvalue weighted by Gasteiger charge is 2.12. The molecule has 1 aromatic carbocycles. The Hall–Kier alpha value is -2.72. The molecule has 1 aromatic heterocycles. The molecule has 2 heterocycles. The monoisotopic (exact) mass is 347 g/mol. The Bertz CT molecular complexity index is 816. The van der Waals surface area contributed by atoms with Crippen molar-refractivity contribution in [1.82, 2.24) is 9.88 Å². The third-order valence-corrected chi connectivity index (χ3v) is 4.58. The largest absolute Gasteiger partial charge is 0.366 e. The van der Waals surface area contributed by atoms with Crippen molar-refractivity contribution in [2.24, 2.45) is 5.73 Å². The molecule has 2 aromatic rings. The quantitative estimate of drug-likeness (QED) is 0.815. The van der Waals surface area contributed by atoms with Gasteiger partial charge >= 0.3 is 0 Å². The second kappa shape index (κ2) is 8.59. The van der Waals surface area contributed by atoms with Crippen molar-refractivity contribution in [3.8, 4) is 0 Å². The van der Waals surface area contributed by atoms with Gasteiger partial charge in [0.15, 0.2) is 0 Å². The number of primary amides is 1. The van der Waals surface area contributed by atoms with Crippen molar-refractivity contribution in [2.75, 3.05) is 19.6 Å². The van der Waals surface area contributed by atoms with E-state index < -0.39 is 5.91 Å². The minimum absolute atomic E-state index is 0.472. The molecular weight excluding hydrogens is 322 g/mol. The summed E-state index contributed by atoms with van der Waals surface area (Å²) in [5, 5.41) is 0. The number of benzene rings is 1. The number of amides is 1. The molecule has 4 heteroatoms. The molecule has 0 spiro atoms. The van der Waals surface area contributed by atoms with E-state index in [1.165, 1.54) is 24.5 Å². The number of hydrogen-bond donors (Lipinski definition) is 1. The molecule has 4 nitrogen and oxygen atoms in total. The summed E-state index contributed by atoms with van der Waals surface area (Å²) in [5.74, 6) is -0.472. The molecule has 1 amide bonds. The number of rotatable bonds is 6. The molecule has 0 aliphatic carbocycles. The lowest BCUT2D eigenvalue weighted by atomic mass is 10.00. The van der Waals surface area contributed by atoms with E-state index in [9.17, 15) is 4.79 Å². The van der Waals surface area contributed by atoms with Gasteiger partial charge in [-0.1, -0.05) is 42.0 Å². The standard InChI is InChI=1S/C22H25N3O/c1-17-7-9-18(10-8-17)20(13-16-25-14-2-3-15-25)21-6-4-5-19(24-21)11-12-22(23)26/h4-13H,2-3,14-16H2,1H3,(H2,23,26)/b12-11+,20-13+. The fourth-order valence-corrected chi connectivity index (χ4v) is 3.15. The molecule has 2 N–H and O–H groups in total. The van der Waals surface area contributed by atoms with E-state index in [2.05, 4.69) is 42.2 Å². The number of hydrogen-bond acceptors (Lipinski definition) is 3. The lowest BCUT2D eigenvalue weighted by Crippen LogP contribution is -2.19. The van der Waals surface area contributed by atoms with Crippen molar-refractivity contribution < 1.29 is 4.79 Å². The lowest BCUT2D eigenvalue weighted by molar-refractivity contribution is -0.113. The van der Waals surface area contributed by atoms with E-state index in [4.69, 9.17) is 10.7 Å². The highest BCUT2D eigenvalue weighted by atomic mass is 16.1. The lowest BCUT2D eigenvalue weighted by Gasteiger charge is -2.14. The number of aromatic nitrogens is 1. The predicted molar refractivity (Wildman–Crippen MR) is 106 cm³/mol. The maximum Gasteiger partial charge on any atom is 0.241 e. The fraction of sp³-hybridized carbons (Fsp3) is 0.273.